The van der Waals surface area contributed by atoms with Gasteiger partial charge in [-0.05, 0) is 42.3 Å². The molecule has 0 radical (unpaired) electrons. The van der Waals surface area contributed by atoms with Crippen molar-refractivity contribution in [3.63, 3.8) is 0 Å². The van der Waals surface area contributed by atoms with Crippen LogP contribution in [0.15, 0.2) is 0 Å². The summed E-state index contributed by atoms with van der Waals surface area (Å²) in [6.45, 7) is 15.5. The van der Waals surface area contributed by atoms with Gasteiger partial charge in [-0.1, -0.05) is 48.5 Å². The third-order valence-corrected chi connectivity index (χ3v) is 8.47. The van der Waals surface area contributed by atoms with Crippen LogP contribution in [0.25, 0.3) is 0 Å². The van der Waals surface area contributed by atoms with E-state index in [-0.39, 0.29) is 5.97 Å². The zero-order chi connectivity index (χ0) is 15.1. The lowest BCUT2D eigenvalue weighted by Crippen LogP contribution is -2.44. The van der Waals surface area contributed by atoms with Crippen molar-refractivity contribution in [1.29, 1.82) is 0 Å². The van der Waals surface area contributed by atoms with E-state index >= 15 is 0 Å². The summed E-state index contributed by atoms with van der Waals surface area (Å²) in [5, 5.41) is 0. The zero-order valence-corrected chi connectivity index (χ0v) is 15.1. The van der Waals surface area contributed by atoms with Gasteiger partial charge in [0.2, 0.25) is 0 Å². The minimum atomic E-state index is -1.93. The molecule has 0 fully saturated rings. The lowest BCUT2D eigenvalue weighted by atomic mass is 10.2. The first-order valence-corrected chi connectivity index (χ1v) is 10.5. The lowest BCUT2D eigenvalue weighted by molar-refractivity contribution is -0.135. The highest BCUT2D eigenvalue weighted by atomic mass is 28.4. The average Bonchev–Trinajstić information content (AvgIpc) is 2.12. The first-order chi connectivity index (χ1) is 8.70. The van der Waals surface area contributed by atoms with E-state index in [2.05, 4.69) is 41.5 Å². The van der Waals surface area contributed by atoms with E-state index in [4.69, 9.17) is 4.43 Å². The highest BCUT2D eigenvalue weighted by molar-refractivity contribution is 6.75. The molecule has 0 aromatic heterocycles. The van der Waals surface area contributed by atoms with Crippen molar-refractivity contribution in [3.05, 3.63) is 0 Å². The fraction of sp³-hybridized carbons (Fsp3) is 0.938. The van der Waals surface area contributed by atoms with Gasteiger partial charge in [-0.15, -0.1) is 0 Å². The van der Waals surface area contributed by atoms with Gasteiger partial charge in [-0.3, -0.25) is 4.79 Å². The van der Waals surface area contributed by atoms with E-state index in [1.54, 1.807) is 0 Å². The molecule has 0 aromatic rings. The number of carbonyl (C=O) groups excluding carboxylic acids is 1. The highest BCUT2D eigenvalue weighted by Gasteiger charge is 2.40. The Morgan fingerprint density at radius 2 is 1.26 bits per heavy atom. The summed E-state index contributed by atoms with van der Waals surface area (Å²) >= 11 is 0. The van der Waals surface area contributed by atoms with Crippen LogP contribution in [0, 0.1) is 17.8 Å². The summed E-state index contributed by atoms with van der Waals surface area (Å²) in [6.07, 6.45) is 1.46. The predicted octanol–water partition coefficient (Wildman–Crippen LogP) is 5.24. The van der Waals surface area contributed by atoms with Gasteiger partial charge in [0, 0.05) is 6.42 Å². The molecule has 0 N–H and O–H groups in total. The minimum absolute atomic E-state index is 0.0381. The van der Waals surface area contributed by atoms with E-state index in [9.17, 15) is 4.79 Å². The van der Waals surface area contributed by atoms with Crippen molar-refractivity contribution < 1.29 is 9.22 Å². The molecule has 0 spiro atoms. The predicted molar refractivity (Wildman–Crippen MR) is 85.7 cm³/mol. The molecule has 2 nitrogen and oxygen atoms in total. The lowest BCUT2D eigenvalue weighted by Gasteiger charge is -2.35. The second-order valence-corrected chi connectivity index (χ2v) is 11.0. The molecule has 0 atom stereocenters. The zero-order valence-electron chi connectivity index (χ0n) is 14.1. The Labute approximate surface area is 121 Å². The van der Waals surface area contributed by atoms with Crippen LogP contribution in [0.2, 0.25) is 18.1 Å². The Balaban J connectivity index is 5.03. The average molecular weight is 287 g/mol. The topological polar surface area (TPSA) is 26.3 Å². The van der Waals surface area contributed by atoms with Gasteiger partial charge in [0.25, 0.3) is 14.3 Å². The van der Waals surface area contributed by atoms with Crippen LogP contribution in [0.4, 0.5) is 0 Å². The molecule has 0 aromatic carbocycles. The molecule has 0 saturated carbocycles. The summed E-state index contributed by atoms with van der Waals surface area (Å²) in [4.78, 5) is 12.0. The molecule has 114 valence electrons. The van der Waals surface area contributed by atoms with Crippen LogP contribution in [0.1, 0.15) is 61.3 Å². The van der Waals surface area contributed by atoms with Crippen molar-refractivity contribution in [2.24, 2.45) is 17.8 Å². The third kappa shape index (κ3) is 8.46. The van der Waals surface area contributed by atoms with Gasteiger partial charge >= 0.3 is 0 Å². The van der Waals surface area contributed by atoms with E-state index in [0.717, 1.165) is 24.6 Å². The molecule has 0 aliphatic rings. The van der Waals surface area contributed by atoms with E-state index in [1.807, 2.05) is 6.92 Å². The number of hydrogen-bond donors (Lipinski definition) is 0. The molecule has 0 amide bonds. The highest BCUT2D eigenvalue weighted by Crippen LogP contribution is 2.33. The largest absolute Gasteiger partial charge is 0.519 e. The number of hydrogen-bond acceptors (Lipinski definition) is 2. The molecule has 0 saturated heterocycles. The Kier molecular flexibility index (Phi) is 8.63. The molecule has 0 bridgehead atoms. The molecule has 0 heterocycles. The first-order valence-electron chi connectivity index (χ1n) is 7.92. The van der Waals surface area contributed by atoms with Crippen molar-refractivity contribution in [1.82, 2.24) is 0 Å². The summed E-state index contributed by atoms with van der Waals surface area (Å²) in [5.41, 5.74) is 0. The van der Waals surface area contributed by atoms with Crippen LogP contribution in [0.5, 0.6) is 0 Å². The van der Waals surface area contributed by atoms with E-state index < -0.39 is 8.32 Å². The van der Waals surface area contributed by atoms with Crippen molar-refractivity contribution in [2.45, 2.75) is 79.4 Å². The van der Waals surface area contributed by atoms with Gasteiger partial charge in [-0.25, -0.2) is 0 Å². The second-order valence-electron chi connectivity index (χ2n) is 7.20. The fourth-order valence-corrected chi connectivity index (χ4v) is 8.90. The quantitative estimate of drug-likeness (QED) is 0.542. The van der Waals surface area contributed by atoms with Crippen LogP contribution < -0.4 is 0 Å². The van der Waals surface area contributed by atoms with Crippen LogP contribution in [-0.2, 0) is 9.22 Å². The van der Waals surface area contributed by atoms with E-state index in [1.165, 1.54) is 0 Å². The first kappa shape index (κ1) is 18.7. The summed E-state index contributed by atoms with van der Waals surface area (Å²) in [6, 6.07) is 3.33. The van der Waals surface area contributed by atoms with Crippen molar-refractivity contribution in [3.8, 4) is 0 Å². The normalized spacial score (nSPS) is 12.5. The maximum absolute atomic E-state index is 12.0. The molecular weight excluding hydrogens is 252 g/mol. The van der Waals surface area contributed by atoms with Crippen LogP contribution in [0.3, 0.4) is 0 Å². The Morgan fingerprint density at radius 1 is 0.895 bits per heavy atom. The Morgan fingerprint density at radius 3 is 1.53 bits per heavy atom. The molecule has 0 rings (SSSR count). The number of rotatable bonds is 9. The maximum Gasteiger partial charge on any atom is 0.292 e. The van der Waals surface area contributed by atoms with Crippen LogP contribution in [-0.4, -0.2) is 14.3 Å². The molecule has 0 aliphatic carbocycles. The van der Waals surface area contributed by atoms with Crippen molar-refractivity contribution in [2.75, 3.05) is 0 Å². The van der Waals surface area contributed by atoms with Gasteiger partial charge in [0.1, 0.15) is 0 Å². The van der Waals surface area contributed by atoms with Crippen LogP contribution >= 0.6 is 0 Å². The van der Waals surface area contributed by atoms with Gasteiger partial charge in [0.05, 0.1) is 0 Å². The minimum Gasteiger partial charge on any atom is -0.519 e. The summed E-state index contributed by atoms with van der Waals surface area (Å²) in [5.74, 6) is 1.87. The second kappa shape index (κ2) is 8.78. The molecular formula is C16H34O2Si. The Bertz CT molecular complexity index is 233. The molecule has 0 aliphatic heterocycles. The molecule has 0 unspecified atom stereocenters. The maximum atomic E-state index is 12.0. The summed E-state index contributed by atoms with van der Waals surface area (Å²) in [7, 11) is -1.93. The fourth-order valence-electron chi connectivity index (χ4n) is 3.10. The van der Waals surface area contributed by atoms with Crippen molar-refractivity contribution >= 4 is 14.3 Å². The third-order valence-electron chi connectivity index (χ3n) is 3.13. The molecule has 19 heavy (non-hydrogen) atoms. The Hall–Kier alpha value is -0.313. The van der Waals surface area contributed by atoms with Gasteiger partial charge in [0.15, 0.2) is 0 Å². The van der Waals surface area contributed by atoms with Gasteiger partial charge < -0.3 is 4.43 Å². The number of carbonyl (C=O) groups is 1. The van der Waals surface area contributed by atoms with E-state index in [0.29, 0.717) is 24.2 Å². The van der Waals surface area contributed by atoms with Gasteiger partial charge in [-0.2, -0.15) is 0 Å². The smallest absolute Gasteiger partial charge is 0.292 e. The SMILES string of the molecule is CCCC(=O)O[Si](CC(C)C)(CC(C)C)CC(C)C. The summed E-state index contributed by atoms with van der Waals surface area (Å²) < 4.78 is 6.11. The monoisotopic (exact) mass is 286 g/mol. The standard InChI is InChI=1S/C16H34O2Si/c1-8-9-16(17)18-19(10-13(2)3,11-14(4)5)12-15(6)7/h13-15H,8-12H2,1-7H3. The molecule has 3 heteroatoms.